The van der Waals surface area contributed by atoms with E-state index in [4.69, 9.17) is 37.2 Å². The molecule has 1 aliphatic rings. The Hall–Kier alpha value is -2.35. The Balaban J connectivity index is 1.34. The smallest absolute Gasteiger partial charge is 0.145 e. The molecule has 8 heteroatoms. The third-order valence-electron chi connectivity index (χ3n) is 5.30. The van der Waals surface area contributed by atoms with Crippen molar-refractivity contribution in [3.63, 3.8) is 0 Å². The molecule has 6 nitrogen and oxygen atoms in total. The van der Waals surface area contributed by atoms with Gasteiger partial charge in [0.25, 0.3) is 0 Å². The van der Waals surface area contributed by atoms with Gasteiger partial charge in [0.05, 0.1) is 34.7 Å². The second-order valence-electron chi connectivity index (χ2n) is 8.03. The van der Waals surface area contributed by atoms with Gasteiger partial charge in [-0.05, 0) is 29.8 Å². The molecule has 1 aliphatic heterocycles. The number of aliphatic hydroxyl groups is 1. The molecular formula is C25H26Cl2N2O4. The second kappa shape index (κ2) is 11.7. The van der Waals surface area contributed by atoms with Crippen molar-refractivity contribution < 1.29 is 19.1 Å². The summed E-state index contributed by atoms with van der Waals surface area (Å²) in [6.07, 6.45) is 1.47. The summed E-state index contributed by atoms with van der Waals surface area (Å²) in [5, 5.41) is 15.9. The maximum atomic E-state index is 10.6. The summed E-state index contributed by atoms with van der Waals surface area (Å²) in [6.45, 7) is 2.27. The van der Waals surface area contributed by atoms with Gasteiger partial charge < -0.3 is 19.1 Å². The van der Waals surface area contributed by atoms with Crippen LogP contribution in [0, 0.1) is 0 Å². The summed E-state index contributed by atoms with van der Waals surface area (Å²) >= 11 is 12.2. The van der Waals surface area contributed by atoms with Crippen molar-refractivity contribution in [2.24, 2.45) is 5.16 Å². The molecule has 2 aromatic carbocycles. The van der Waals surface area contributed by atoms with Crippen LogP contribution in [0.25, 0.3) is 0 Å². The van der Waals surface area contributed by atoms with E-state index in [9.17, 15) is 5.11 Å². The molecule has 0 saturated carbocycles. The van der Waals surface area contributed by atoms with E-state index < -0.39 is 6.10 Å². The van der Waals surface area contributed by atoms with Crippen molar-refractivity contribution in [3.8, 4) is 0 Å². The first-order valence-corrected chi connectivity index (χ1v) is 11.5. The summed E-state index contributed by atoms with van der Waals surface area (Å²) in [6, 6.07) is 19.3. The van der Waals surface area contributed by atoms with Gasteiger partial charge in [0, 0.05) is 31.6 Å². The van der Waals surface area contributed by atoms with Crippen LogP contribution in [0.5, 0.6) is 0 Å². The third-order valence-corrected chi connectivity index (χ3v) is 6.04. The molecule has 0 spiro atoms. The van der Waals surface area contributed by atoms with E-state index in [1.165, 1.54) is 0 Å². The molecule has 4 rings (SSSR count). The van der Waals surface area contributed by atoms with Gasteiger partial charge in [-0.3, -0.25) is 4.90 Å². The molecule has 0 saturated heterocycles. The molecule has 2 heterocycles. The van der Waals surface area contributed by atoms with Crippen LogP contribution in [0.1, 0.15) is 23.3 Å². The second-order valence-corrected chi connectivity index (χ2v) is 8.84. The largest absolute Gasteiger partial charge is 0.467 e. The van der Waals surface area contributed by atoms with Gasteiger partial charge in [0.15, 0.2) is 0 Å². The van der Waals surface area contributed by atoms with Crippen LogP contribution < -0.4 is 0 Å². The molecule has 2 atom stereocenters. The number of nitrogens with zero attached hydrogens (tertiary/aromatic N) is 2. The Morgan fingerprint density at radius 2 is 1.94 bits per heavy atom. The molecule has 0 unspecified atom stereocenters. The highest BCUT2D eigenvalue weighted by molar-refractivity contribution is 6.42. The first-order chi connectivity index (χ1) is 16.1. The Labute approximate surface area is 203 Å². The summed E-state index contributed by atoms with van der Waals surface area (Å²) < 4.78 is 10.9. The summed E-state index contributed by atoms with van der Waals surface area (Å²) in [4.78, 5) is 7.88. The lowest BCUT2D eigenvalue weighted by atomic mass is 10.0. The zero-order chi connectivity index (χ0) is 23.0. The number of hydrogen-bond acceptors (Lipinski definition) is 6. The van der Waals surface area contributed by atoms with E-state index in [0.29, 0.717) is 42.7 Å². The highest BCUT2D eigenvalue weighted by atomic mass is 35.5. The van der Waals surface area contributed by atoms with E-state index >= 15 is 0 Å². The molecule has 174 valence electrons. The van der Waals surface area contributed by atoms with E-state index in [-0.39, 0.29) is 12.7 Å². The first kappa shape index (κ1) is 23.8. The van der Waals surface area contributed by atoms with E-state index in [0.717, 1.165) is 22.6 Å². The fourth-order valence-electron chi connectivity index (χ4n) is 3.75. The average Bonchev–Trinajstić information content (AvgIpc) is 3.49. The molecule has 1 N–H and O–H groups in total. The minimum absolute atomic E-state index is 0.130. The van der Waals surface area contributed by atoms with Crippen LogP contribution in [0.4, 0.5) is 0 Å². The number of oxime groups is 1. The minimum atomic E-state index is -0.652. The Morgan fingerprint density at radius 3 is 2.70 bits per heavy atom. The predicted octanol–water partition coefficient (Wildman–Crippen LogP) is 5.16. The maximum absolute atomic E-state index is 10.6. The molecule has 1 aromatic heterocycles. The van der Waals surface area contributed by atoms with Gasteiger partial charge in [-0.15, -0.1) is 0 Å². The summed E-state index contributed by atoms with van der Waals surface area (Å²) in [5.74, 6) is 0.731. The Bertz CT molecular complexity index is 1040. The van der Waals surface area contributed by atoms with E-state index in [1.54, 1.807) is 18.4 Å². The zero-order valence-electron chi connectivity index (χ0n) is 18.1. The fraction of sp³-hybridized carbons (Fsp3) is 0.320. The average molecular weight is 489 g/mol. The Kier molecular flexibility index (Phi) is 8.42. The highest BCUT2D eigenvalue weighted by Gasteiger charge is 2.26. The van der Waals surface area contributed by atoms with Gasteiger partial charge in [-0.25, -0.2) is 0 Å². The monoisotopic (exact) mass is 488 g/mol. The number of rotatable bonds is 11. The van der Waals surface area contributed by atoms with Crippen LogP contribution in [-0.2, 0) is 22.7 Å². The SMILES string of the molecule is O[C@H](COCc1ccco1)CN(Cc1ccccc1)C[C@@H]1CC(c2ccc(Cl)c(Cl)c2)=NO1. The lowest BCUT2D eigenvalue weighted by Crippen LogP contribution is -2.39. The van der Waals surface area contributed by atoms with E-state index in [1.807, 2.05) is 36.4 Å². The minimum Gasteiger partial charge on any atom is -0.467 e. The molecule has 0 bridgehead atoms. The van der Waals surface area contributed by atoms with Gasteiger partial charge in [-0.2, -0.15) is 0 Å². The topological polar surface area (TPSA) is 67.4 Å². The van der Waals surface area contributed by atoms with Crippen molar-refractivity contribution >= 4 is 28.9 Å². The number of ether oxygens (including phenoxy) is 1. The van der Waals surface area contributed by atoms with Gasteiger partial charge in [0.2, 0.25) is 0 Å². The molecule has 3 aromatic rings. The highest BCUT2D eigenvalue weighted by Crippen LogP contribution is 2.26. The van der Waals surface area contributed by atoms with Crippen molar-refractivity contribution in [3.05, 3.63) is 93.9 Å². The fourth-order valence-corrected chi connectivity index (χ4v) is 4.04. The van der Waals surface area contributed by atoms with Crippen LogP contribution in [0.15, 0.2) is 76.5 Å². The van der Waals surface area contributed by atoms with Crippen LogP contribution in [0.3, 0.4) is 0 Å². The zero-order valence-corrected chi connectivity index (χ0v) is 19.6. The molecule has 0 aliphatic carbocycles. The third kappa shape index (κ3) is 7.06. The van der Waals surface area contributed by atoms with Crippen molar-refractivity contribution in [1.29, 1.82) is 0 Å². The van der Waals surface area contributed by atoms with Crippen molar-refractivity contribution in [1.82, 2.24) is 4.90 Å². The number of benzene rings is 2. The number of hydrogen-bond donors (Lipinski definition) is 1. The van der Waals surface area contributed by atoms with Gasteiger partial charge in [-0.1, -0.05) is 64.8 Å². The molecule has 0 amide bonds. The first-order valence-electron chi connectivity index (χ1n) is 10.8. The molecular weight excluding hydrogens is 463 g/mol. The van der Waals surface area contributed by atoms with Crippen LogP contribution in [0.2, 0.25) is 10.0 Å². The molecule has 0 radical (unpaired) electrons. The standard InChI is InChI=1S/C25H26Cl2N2O4/c26-23-9-8-19(11-24(23)27)25-12-22(33-28-25)15-29(13-18-5-2-1-3-6-18)14-20(30)16-31-17-21-7-4-10-32-21/h1-11,20,22,30H,12-17H2/t20-,22-/m0/s1. The van der Waals surface area contributed by atoms with E-state index in [2.05, 4.69) is 22.2 Å². The van der Waals surface area contributed by atoms with Crippen LogP contribution >= 0.6 is 23.2 Å². The van der Waals surface area contributed by atoms with Gasteiger partial charge in [0.1, 0.15) is 18.5 Å². The number of halogens is 2. The summed E-state index contributed by atoms with van der Waals surface area (Å²) in [5.41, 5.74) is 2.89. The lowest BCUT2D eigenvalue weighted by Gasteiger charge is -2.27. The predicted molar refractivity (Wildman–Crippen MR) is 129 cm³/mol. The number of furan rings is 1. The Morgan fingerprint density at radius 1 is 1.09 bits per heavy atom. The number of aliphatic hydroxyl groups excluding tert-OH is 1. The van der Waals surface area contributed by atoms with Crippen LogP contribution in [-0.4, -0.2) is 47.6 Å². The quantitative estimate of drug-likeness (QED) is 0.403. The normalized spacial score (nSPS) is 16.6. The lowest BCUT2D eigenvalue weighted by molar-refractivity contribution is -0.00955. The maximum Gasteiger partial charge on any atom is 0.145 e. The van der Waals surface area contributed by atoms with Crippen molar-refractivity contribution in [2.45, 2.75) is 31.8 Å². The van der Waals surface area contributed by atoms with Crippen molar-refractivity contribution in [2.75, 3.05) is 19.7 Å². The van der Waals surface area contributed by atoms with Gasteiger partial charge >= 0.3 is 0 Å². The summed E-state index contributed by atoms with van der Waals surface area (Å²) in [7, 11) is 0. The molecule has 33 heavy (non-hydrogen) atoms. The molecule has 0 fully saturated rings.